The second-order valence-corrected chi connectivity index (χ2v) is 4.29. The molecule has 0 aliphatic heterocycles. The number of nitrogens with one attached hydrogen (secondary N) is 3. The van der Waals surface area contributed by atoms with Crippen molar-refractivity contribution in [2.45, 2.75) is 25.3 Å². The van der Waals surface area contributed by atoms with Crippen molar-refractivity contribution < 1.29 is 9.59 Å². The molecule has 1 aliphatic carbocycles. The van der Waals surface area contributed by atoms with Gasteiger partial charge in [-0.1, -0.05) is 0 Å². The molecule has 6 heteroatoms. The molecule has 0 atom stereocenters. The molecule has 2 rings (SSSR count). The van der Waals surface area contributed by atoms with E-state index in [0.717, 1.165) is 12.8 Å². The van der Waals surface area contributed by atoms with Gasteiger partial charge in [0, 0.05) is 36.8 Å². The van der Waals surface area contributed by atoms with Crippen LogP contribution in [0.25, 0.3) is 0 Å². The number of pyridine rings is 1. The van der Waals surface area contributed by atoms with Crippen molar-refractivity contribution in [2.75, 3.05) is 6.54 Å². The summed E-state index contributed by atoms with van der Waals surface area (Å²) in [4.78, 5) is 36.4. The molecule has 18 heavy (non-hydrogen) atoms. The Labute approximate surface area is 104 Å². The monoisotopic (exact) mass is 249 g/mol. The molecule has 2 amide bonds. The van der Waals surface area contributed by atoms with Crippen LogP contribution in [0.5, 0.6) is 0 Å². The number of hydrogen-bond donors (Lipinski definition) is 3. The lowest BCUT2D eigenvalue weighted by Crippen LogP contribution is -2.32. The van der Waals surface area contributed by atoms with Crippen LogP contribution < -0.4 is 16.2 Å². The lowest BCUT2D eigenvalue weighted by Gasteiger charge is -2.05. The highest BCUT2D eigenvalue weighted by Gasteiger charge is 2.22. The van der Waals surface area contributed by atoms with Crippen LogP contribution in [-0.4, -0.2) is 29.4 Å². The van der Waals surface area contributed by atoms with Crippen LogP contribution >= 0.6 is 0 Å². The number of carbonyl (C=O) groups excluding carboxylic acids is 2. The summed E-state index contributed by atoms with van der Waals surface area (Å²) in [7, 11) is 0. The molecule has 1 fully saturated rings. The lowest BCUT2D eigenvalue weighted by molar-refractivity contribution is -0.121. The third-order valence-corrected chi connectivity index (χ3v) is 2.62. The maximum Gasteiger partial charge on any atom is 0.251 e. The summed E-state index contributed by atoms with van der Waals surface area (Å²) in [5.74, 6) is -0.399. The van der Waals surface area contributed by atoms with Crippen molar-refractivity contribution in [2.24, 2.45) is 0 Å². The van der Waals surface area contributed by atoms with E-state index in [2.05, 4.69) is 15.6 Å². The van der Waals surface area contributed by atoms with Gasteiger partial charge in [-0.05, 0) is 18.9 Å². The molecule has 1 aromatic rings. The van der Waals surface area contributed by atoms with Gasteiger partial charge in [0.25, 0.3) is 5.91 Å². The first kappa shape index (κ1) is 12.3. The van der Waals surface area contributed by atoms with Crippen LogP contribution in [0.3, 0.4) is 0 Å². The van der Waals surface area contributed by atoms with Crippen LogP contribution in [0.15, 0.2) is 23.1 Å². The molecule has 0 spiro atoms. The maximum atomic E-state index is 11.6. The van der Waals surface area contributed by atoms with E-state index in [1.807, 2.05) is 0 Å². The van der Waals surface area contributed by atoms with Crippen LogP contribution in [0, 0.1) is 0 Å². The smallest absolute Gasteiger partial charge is 0.251 e. The summed E-state index contributed by atoms with van der Waals surface area (Å²) in [5, 5.41) is 5.43. The predicted octanol–water partition coefficient (Wildman–Crippen LogP) is -0.227. The molecule has 1 aromatic heterocycles. The summed E-state index contributed by atoms with van der Waals surface area (Å²) >= 11 is 0. The number of rotatable bonds is 5. The molecule has 1 saturated carbocycles. The fourth-order valence-electron chi connectivity index (χ4n) is 1.50. The Kier molecular flexibility index (Phi) is 3.76. The average molecular weight is 249 g/mol. The average Bonchev–Trinajstić information content (AvgIpc) is 3.12. The number of H-pyrrole nitrogens is 1. The Balaban J connectivity index is 1.74. The van der Waals surface area contributed by atoms with Gasteiger partial charge < -0.3 is 15.6 Å². The van der Waals surface area contributed by atoms with E-state index >= 15 is 0 Å². The quantitative estimate of drug-likeness (QED) is 0.673. The minimum atomic E-state index is -0.347. The zero-order chi connectivity index (χ0) is 13.0. The fourth-order valence-corrected chi connectivity index (χ4v) is 1.50. The molecular formula is C12H15N3O3. The van der Waals surface area contributed by atoms with Gasteiger partial charge in [-0.15, -0.1) is 0 Å². The summed E-state index contributed by atoms with van der Waals surface area (Å²) in [5.41, 5.74) is -0.0320. The van der Waals surface area contributed by atoms with Gasteiger partial charge in [-0.25, -0.2) is 0 Å². The third kappa shape index (κ3) is 3.73. The largest absolute Gasteiger partial charge is 0.353 e. The molecule has 0 radical (unpaired) electrons. The number of carbonyl (C=O) groups is 2. The molecule has 1 heterocycles. The first-order valence-corrected chi connectivity index (χ1v) is 5.91. The van der Waals surface area contributed by atoms with Crippen molar-refractivity contribution in [3.05, 3.63) is 34.2 Å². The first-order chi connectivity index (χ1) is 8.65. The summed E-state index contributed by atoms with van der Waals surface area (Å²) in [6.07, 6.45) is 3.76. The van der Waals surface area contributed by atoms with E-state index < -0.39 is 0 Å². The minimum Gasteiger partial charge on any atom is -0.353 e. The third-order valence-electron chi connectivity index (χ3n) is 2.62. The highest BCUT2D eigenvalue weighted by Crippen LogP contribution is 2.18. The highest BCUT2D eigenvalue weighted by molar-refractivity contribution is 5.94. The standard InChI is InChI=1S/C12H15N3O3/c16-10(15-9-1-2-9)4-6-14-12(18)8-3-5-13-11(17)7-8/h3,5,7,9H,1-2,4,6H2,(H,13,17)(H,14,18)(H,15,16). The number of aromatic nitrogens is 1. The Bertz CT molecular complexity index is 505. The molecule has 0 bridgehead atoms. The van der Waals surface area contributed by atoms with Crippen LogP contribution in [0.2, 0.25) is 0 Å². The first-order valence-electron chi connectivity index (χ1n) is 5.91. The van der Waals surface area contributed by atoms with Crippen LogP contribution in [0.1, 0.15) is 29.6 Å². The van der Waals surface area contributed by atoms with Crippen molar-refractivity contribution in [1.29, 1.82) is 0 Å². The van der Waals surface area contributed by atoms with Crippen molar-refractivity contribution in [3.63, 3.8) is 0 Å². The van der Waals surface area contributed by atoms with E-state index in [0.29, 0.717) is 11.6 Å². The number of hydrogen-bond acceptors (Lipinski definition) is 3. The minimum absolute atomic E-state index is 0.0521. The van der Waals surface area contributed by atoms with E-state index in [1.165, 1.54) is 18.3 Å². The van der Waals surface area contributed by atoms with Crippen molar-refractivity contribution >= 4 is 11.8 Å². The zero-order valence-corrected chi connectivity index (χ0v) is 9.86. The molecular weight excluding hydrogens is 234 g/mol. The van der Waals surface area contributed by atoms with Crippen molar-refractivity contribution in [1.82, 2.24) is 15.6 Å². The van der Waals surface area contributed by atoms with Gasteiger partial charge >= 0.3 is 0 Å². The van der Waals surface area contributed by atoms with Gasteiger partial charge in [0.1, 0.15) is 0 Å². The summed E-state index contributed by atoms with van der Waals surface area (Å²) in [6, 6.07) is 3.07. The zero-order valence-electron chi connectivity index (χ0n) is 9.86. The Morgan fingerprint density at radius 2 is 2.17 bits per heavy atom. The van der Waals surface area contributed by atoms with E-state index in [4.69, 9.17) is 0 Å². The number of amides is 2. The van der Waals surface area contributed by atoms with Gasteiger partial charge in [-0.2, -0.15) is 0 Å². The predicted molar refractivity (Wildman–Crippen MR) is 65.2 cm³/mol. The normalized spacial score (nSPS) is 14.0. The topological polar surface area (TPSA) is 91.1 Å². The van der Waals surface area contributed by atoms with Crippen molar-refractivity contribution in [3.8, 4) is 0 Å². The molecule has 96 valence electrons. The lowest BCUT2D eigenvalue weighted by atomic mass is 10.2. The maximum absolute atomic E-state index is 11.6. The molecule has 6 nitrogen and oxygen atoms in total. The van der Waals surface area contributed by atoms with Crippen LogP contribution in [-0.2, 0) is 4.79 Å². The van der Waals surface area contributed by atoms with Gasteiger partial charge in [0.2, 0.25) is 11.5 Å². The van der Waals surface area contributed by atoms with E-state index in [9.17, 15) is 14.4 Å². The molecule has 0 unspecified atom stereocenters. The van der Waals surface area contributed by atoms with Gasteiger partial charge in [0.05, 0.1) is 0 Å². The fraction of sp³-hybridized carbons (Fsp3) is 0.417. The highest BCUT2D eigenvalue weighted by atomic mass is 16.2. The van der Waals surface area contributed by atoms with Gasteiger partial charge in [-0.3, -0.25) is 14.4 Å². The number of aromatic amines is 1. The molecule has 0 saturated heterocycles. The molecule has 0 aromatic carbocycles. The molecule has 1 aliphatic rings. The second-order valence-electron chi connectivity index (χ2n) is 4.29. The van der Waals surface area contributed by atoms with E-state index in [1.54, 1.807) is 0 Å². The second kappa shape index (κ2) is 5.48. The molecule has 3 N–H and O–H groups in total. The van der Waals surface area contributed by atoms with Crippen LogP contribution in [0.4, 0.5) is 0 Å². The Morgan fingerprint density at radius 3 is 2.83 bits per heavy atom. The van der Waals surface area contributed by atoms with E-state index in [-0.39, 0.29) is 30.3 Å². The SMILES string of the molecule is O=C(CCNC(=O)c1cc[nH]c(=O)c1)NC1CC1. The summed E-state index contributed by atoms with van der Waals surface area (Å²) < 4.78 is 0. The van der Waals surface area contributed by atoms with Gasteiger partial charge in [0.15, 0.2) is 0 Å². The Morgan fingerprint density at radius 1 is 1.39 bits per heavy atom. The Hall–Kier alpha value is -2.11. The summed E-state index contributed by atoms with van der Waals surface area (Å²) in [6.45, 7) is 0.268.